The van der Waals surface area contributed by atoms with Crippen molar-refractivity contribution < 1.29 is 35.7 Å². The van der Waals surface area contributed by atoms with Crippen LogP contribution < -0.4 is 0 Å². The molecule has 0 spiro atoms. The topological polar surface area (TPSA) is 142 Å². The molecule has 7 nitrogen and oxygen atoms in total. The Hall–Kier alpha value is -1.06. The number of allylic oxidation sites excluding steroid dienone is 5. The van der Waals surface area contributed by atoms with Crippen molar-refractivity contribution in [1.29, 1.82) is 0 Å². The van der Waals surface area contributed by atoms with Gasteiger partial charge in [0.15, 0.2) is 0 Å². The minimum Gasteiger partial charge on any atom is -0.390 e. The molecule has 58 heavy (non-hydrogen) atoms. The van der Waals surface area contributed by atoms with Crippen LogP contribution in [0.15, 0.2) is 36.0 Å². The molecular weight excluding hydrogens is 725 g/mol. The Morgan fingerprint density at radius 1 is 0.362 bits per heavy atom. The third-order valence-electron chi connectivity index (χ3n) is 12.9. The van der Waals surface area contributed by atoms with E-state index in [0.29, 0.717) is 109 Å². The Kier molecular flexibility index (Phi) is 25.3. The third-order valence-corrected chi connectivity index (χ3v) is 12.9. The van der Waals surface area contributed by atoms with Crippen molar-refractivity contribution in [3.63, 3.8) is 0 Å². The normalized spacial score (nSPS) is 20.1. The van der Waals surface area contributed by atoms with Crippen molar-refractivity contribution in [1.82, 2.24) is 0 Å². The maximum atomic E-state index is 11.1. The third kappa shape index (κ3) is 31.8. The average molecular weight is 823 g/mol. The molecule has 0 amide bonds. The Labute approximate surface area is 358 Å². The van der Waals surface area contributed by atoms with E-state index in [4.69, 9.17) is 0 Å². The van der Waals surface area contributed by atoms with Crippen LogP contribution in [0.5, 0.6) is 0 Å². The molecule has 0 heterocycles. The summed E-state index contributed by atoms with van der Waals surface area (Å²) in [5, 5.41) is 76.9. The molecule has 0 aliphatic heterocycles. The molecule has 0 saturated heterocycles. The van der Waals surface area contributed by atoms with Gasteiger partial charge in [-0.15, -0.1) is 6.58 Å². The molecule has 0 aromatic rings. The predicted molar refractivity (Wildman–Crippen MR) is 247 cm³/mol. The molecule has 0 aliphatic carbocycles. The van der Waals surface area contributed by atoms with Crippen LogP contribution in [0.25, 0.3) is 0 Å². The fourth-order valence-electron chi connectivity index (χ4n) is 8.29. The first kappa shape index (κ1) is 56.9. The molecule has 7 unspecified atom stereocenters. The molecule has 0 radical (unpaired) electrons. The summed E-state index contributed by atoms with van der Waals surface area (Å²) in [7, 11) is 0. The van der Waals surface area contributed by atoms with E-state index in [1.807, 2.05) is 54.5 Å². The van der Waals surface area contributed by atoms with Crippen molar-refractivity contribution in [3.05, 3.63) is 36.0 Å². The largest absolute Gasteiger partial charge is 0.390 e. The van der Waals surface area contributed by atoms with Gasteiger partial charge in [-0.3, -0.25) is 0 Å². The second kappa shape index (κ2) is 25.8. The molecule has 7 atom stereocenters. The highest BCUT2D eigenvalue weighted by atomic mass is 16.3. The van der Waals surface area contributed by atoms with Crippen LogP contribution >= 0.6 is 0 Å². The van der Waals surface area contributed by atoms with E-state index in [9.17, 15) is 35.7 Å². The number of rotatable bonds is 35. The van der Waals surface area contributed by atoms with Gasteiger partial charge in [-0.1, -0.05) is 43.2 Å². The van der Waals surface area contributed by atoms with E-state index >= 15 is 0 Å². The Bertz CT molecular complexity index is 1180. The Balaban J connectivity index is 4.41. The summed E-state index contributed by atoms with van der Waals surface area (Å²) in [6, 6.07) is 0. The van der Waals surface area contributed by atoms with Gasteiger partial charge in [-0.25, -0.2) is 0 Å². The van der Waals surface area contributed by atoms with E-state index in [2.05, 4.69) is 53.3 Å². The maximum absolute atomic E-state index is 11.1. The first-order valence-corrected chi connectivity index (χ1v) is 23.3. The van der Waals surface area contributed by atoms with E-state index in [1.54, 1.807) is 0 Å². The van der Waals surface area contributed by atoms with Crippen LogP contribution in [0.3, 0.4) is 0 Å². The highest BCUT2D eigenvalue weighted by Gasteiger charge is 2.30. The molecular formula is C51H98O7. The Morgan fingerprint density at radius 2 is 0.603 bits per heavy atom. The smallest absolute Gasteiger partial charge is 0.0622 e. The SMILES string of the molecule is C=CC(C)(C)CCC=C(C)CCCC(C)(O)CCCC(C)(O)CCCC(C)(O)CCCC(C)(O)CCCC(C)(O)CCCC(C)(O)CCCC(C)(O)CCC=C(C)C. The molecule has 0 aliphatic rings. The standard InChI is InChI=1S/C51H98O7/c1-14-44(5,6)27-16-25-43(4)26-17-29-46(8,53)31-19-33-48(10,55)35-21-37-50(12,57)39-23-41-51(13,58)40-22-38-49(11,56)36-20-34-47(9,54)32-18-30-45(7,52)28-15-24-42(2)3/h14,24-25,52-58H,1,15-23,26-41H2,2-13H3. The zero-order valence-corrected chi connectivity index (χ0v) is 40.2. The fourth-order valence-corrected chi connectivity index (χ4v) is 8.29. The van der Waals surface area contributed by atoms with Gasteiger partial charge in [0.2, 0.25) is 0 Å². The van der Waals surface area contributed by atoms with Gasteiger partial charge in [0, 0.05) is 0 Å². The van der Waals surface area contributed by atoms with E-state index in [1.165, 1.54) is 11.1 Å². The quantitative estimate of drug-likeness (QED) is 0.0316. The van der Waals surface area contributed by atoms with Crippen molar-refractivity contribution in [2.45, 2.75) is 283 Å². The van der Waals surface area contributed by atoms with Gasteiger partial charge >= 0.3 is 0 Å². The number of hydrogen-bond acceptors (Lipinski definition) is 7. The minimum atomic E-state index is -0.883. The van der Waals surface area contributed by atoms with Gasteiger partial charge in [0.25, 0.3) is 0 Å². The summed E-state index contributed by atoms with van der Waals surface area (Å²) in [6.45, 7) is 27.7. The van der Waals surface area contributed by atoms with Crippen LogP contribution in [0, 0.1) is 5.41 Å². The van der Waals surface area contributed by atoms with Crippen LogP contribution in [0.1, 0.15) is 244 Å². The van der Waals surface area contributed by atoms with Gasteiger partial charge in [-0.2, -0.15) is 0 Å². The van der Waals surface area contributed by atoms with Crippen LogP contribution in [-0.4, -0.2) is 75.0 Å². The zero-order valence-electron chi connectivity index (χ0n) is 40.2. The molecule has 0 saturated carbocycles. The highest BCUT2D eigenvalue weighted by molar-refractivity contribution is 5.00. The molecule has 7 heteroatoms. The lowest BCUT2D eigenvalue weighted by atomic mass is 9.83. The first-order chi connectivity index (χ1) is 26.3. The monoisotopic (exact) mass is 823 g/mol. The van der Waals surface area contributed by atoms with Crippen molar-refractivity contribution in [3.8, 4) is 0 Å². The van der Waals surface area contributed by atoms with Crippen LogP contribution in [0.2, 0.25) is 0 Å². The van der Waals surface area contributed by atoms with Gasteiger partial charge < -0.3 is 35.7 Å². The van der Waals surface area contributed by atoms with Crippen LogP contribution in [0.4, 0.5) is 0 Å². The predicted octanol–water partition coefficient (Wildman–Crippen LogP) is 12.1. The summed E-state index contributed by atoms with van der Waals surface area (Å²) in [4.78, 5) is 0. The van der Waals surface area contributed by atoms with Gasteiger partial charge in [0.1, 0.15) is 0 Å². The second-order valence-electron chi connectivity index (χ2n) is 22.1. The molecule has 0 bridgehead atoms. The lowest BCUT2D eigenvalue weighted by molar-refractivity contribution is -0.00813. The number of aliphatic hydroxyl groups is 7. The van der Waals surface area contributed by atoms with E-state index in [0.717, 1.165) is 51.4 Å². The molecule has 0 rings (SSSR count). The Morgan fingerprint density at radius 3 is 0.862 bits per heavy atom. The highest BCUT2D eigenvalue weighted by Crippen LogP contribution is 2.33. The summed E-state index contributed by atoms with van der Waals surface area (Å²) >= 11 is 0. The lowest BCUT2D eigenvalue weighted by Gasteiger charge is -2.31. The molecule has 0 aromatic carbocycles. The van der Waals surface area contributed by atoms with Crippen molar-refractivity contribution in [2.75, 3.05) is 0 Å². The molecule has 0 fully saturated rings. The van der Waals surface area contributed by atoms with Crippen molar-refractivity contribution in [2.24, 2.45) is 5.41 Å². The average Bonchev–Trinajstić information content (AvgIpc) is 3.03. The second-order valence-corrected chi connectivity index (χ2v) is 22.1. The molecule has 7 N–H and O–H groups in total. The van der Waals surface area contributed by atoms with Crippen LogP contribution in [-0.2, 0) is 0 Å². The fraction of sp³-hybridized carbons (Fsp3) is 0.882. The summed E-state index contributed by atoms with van der Waals surface area (Å²) in [6.07, 6.45) is 24.3. The lowest BCUT2D eigenvalue weighted by Crippen LogP contribution is -2.31. The van der Waals surface area contributed by atoms with E-state index < -0.39 is 39.2 Å². The minimum absolute atomic E-state index is 0.155. The zero-order chi connectivity index (χ0) is 45.0. The summed E-state index contributed by atoms with van der Waals surface area (Å²) in [5.74, 6) is 0. The summed E-state index contributed by atoms with van der Waals surface area (Å²) < 4.78 is 0. The molecule has 344 valence electrons. The first-order valence-electron chi connectivity index (χ1n) is 23.3. The van der Waals surface area contributed by atoms with E-state index in [-0.39, 0.29) is 5.41 Å². The summed E-state index contributed by atoms with van der Waals surface area (Å²) in [5.41, 5.74) is -3.01. The molecule has 0 aromatic heterocycles. The van der Waals surface area contributed by atoms with Crippen molar-refractivity contribution >= 4 is 0 Å². The maximum Gasteiger partial charge on any atom is 0.0622 e. The van der Waals surface area contributed by atoms with Gasteiger partial charge in [-0.05, 0) is 235 Å². The number of hydrogen-bond donors (Lipinski definition) is 7. The van der Waals surface area contributed by atoms with Gasteiger partial charge in [0.05, 0.1) is 39.2 Å².